The van der Waals surface area contributed by atoms with Gasteiger partial charge in [0.25, 0.3) is 11.8 Å². The maximum Gasteiger partial charge on any atom is 0.263 e. The van der Waals surface area contributed by atoms with Gasteiger partial charge in [-0.3, -0.25) is 14.4 Å². The van der Waals surface area contributed by atoms with Gasteiger partial charge in [0.1, 0.15) is 0 Å². The van der Waals surface area contributed by atoms with Crippen molar-refractivity contribution in [2.24, 2.45) is 5.92 Å². The molecule has 38 heavy (non-hydrogen) atoms. The molecule has 2 N–H and O–H groups in total. The highest BCUT2D eigenvalue weighted by atomic mass is 32.1. The van der Waals surface area contributed by atoms with Crippen LogP contribution in [0.2, 0.25) is 0 Å². The Labute approximate surface area is 229 Å². The Balaban J connectivity index is 1.36. The van der Waals surface area contributed by atoms with E-state index in [1.165, 1.54) is 17.8 Å². The maximum atomic E-state index is 13.4. The second kappa shape index (κ2) is 12.8. The van der Waals surface area contributed by atoms with Crippen LogP contribution in [0.15, 0.2) is 35.7 Å². The van der Waals surface area contributed by atoms with Crippen molar-refractivity contribution in [2.75, 3.05) is 62.6 Å². The Morgan fingerprint density at radius 1 is 0.816 bits per heavy atom. The first-order valence-electron chi connectivity index (χ1n) is 14.1. The highest BCUT2D eigenvalue weighted by Crippen LogP contribution is 2.32. The third-order valence-corrected chi connectivity index (χ3v) is 8.82. The Kier molecular flexibility index (Phi) is 8.96. The molecule has 3 fully saturated rings. The van der Waals surface area contributed by atoms with Crippen molar-refractivity contribution >= 4 is 40.4 Å². The van der Waals surface area contributed by atoms with Crippen molar-refractivity contribution in [3.8, 4) is 0 Å². The number of carbonyl (C=O) groups is 3. The van der Waals surface area contributed by atoms with E-state index in [1.807, 2.05) is 45.5 Å². The van der Waals surface area contributed by atoms with Crippen molar-refractivity contribution < 1.29 is 14.4 Å². The molecular formula is C29H39N5O3S. The highest BCUT2D eigenvalue weighted by molar-refractivity contribution is 7.12. The fraction of sp³-hybridized carbons (Fsp3) is 0.552. The monoisotopic (exact) mass is 537 g/mol. The number of anilines is 2. The summed E-state index contributed by atoms with van der Waals surface area (Å²) in [5, 5.41) is 8.51. The molecule has 1 aromatic heterocycles. The number of carbonyl (C=O) groups excluding carboxylic acids is 3. The highest BCUT2D eigenvalue weighted by Gasteiger charge is 2.26. The second-order valence-corrected chi connectivity index (χ2v) is 11.5. The van der Waals surface area contributed by atoms with Gasteiger partial charge in [0.15, 0.2) is 0 Å². The lowest BCUT2D eigenvalue weighted by Gasteiger charge is -2.28. The number of hydrogen-bond donors (Lipinski definition) is 2. The van der Waals surface area contributed by atoms with E-state index in [0.717, 1.165) is 75.3 Å². The van der Waals surface area contributed by atoms with E-state index < -0.39 is 0 Å². The van der Waals surface area contributed by atoms with Gasteiger partial charge in [-0.25, -0.2) is 0 Å². The van der Waals surface area contributed by atoms with Crippen molar-refractivity contribution in [3.05, 3.63) is 46.2 Å². The van der Waals surface area contributed by atoms with E-state index in [0.29, 0.717) is 37.4 Å². The molecule has 204 valence electrons. The summed E-state index contributed by atoms with van der Waals surface area (Å²) in [5.74, 6) is 0.173. The normalized spacial score (nSPS) is 19.5. The van der Waals surface area contributed by atoms with Crippen molar-refractivity contribution in [3.63, 3.8) is 0 Å². The Morgan fingerprint density at radius 2 is 1.63 bits per heavy atom. The average molecular weight is 538 g/mol. The lowest BCUT2D eigenvalue weighted by molar-refractivity contribution is -0.120. The molecule has 2 saturated heterocycles. The van der Waals surface area contributed by atoms with Crippen molar-refractivity contribution in [1.29, 1.82) is 0 Å². The first-order valence-corrected chi connectivity index (χ1v) is 15.0. The zero-order chi connectivity index (χ0) is 26.3. The molecule has 0 bridgehead atoms. The molecule has 1 aliphatic carbocycles. The summed E-state index contributed by atoms with van der Waals surface area (Å²) < 4.78 is 0. The number of nitrogens with one attached hydrogen (secondary N) is 2. The van der Waals surface area contributed by atoms with E-state index in [4.69, 9.17) is 0 Å². The lowest BCUT2D eigenvalue weighted by atomic mass is 9.88. The van der Waals surface area contributed by atoms with Crippen LogP contribution in [0.4, 0.5) is 11.4 Å². The number of amides is 3. The largest absolute Gasteiger partial charge is 0.368 e. The molecule has 0 spiro atoms. The van der Waals surface area contributed by atoms with Crippen LogP contribution in [0, 0.1) is 5.92 Å². The molecule has 9 heteroatoms. The summed E-state index contributed by atoms with van der Waals surface area (Å²) >= 11 is 1.48. The summed E-state index contributed by atoms with van der Waals surface area (Å²) in [5.41, 5.74) is 2.24. The van der Waals surface area contributed by atoms with E-state index in [9.17, 15) is 14.4 Å². The summed E-state index contributed by atoms with van der Waals surface area (Å²) in [7, 11) is 0. The van der Waals surface area contributed by atoms with E-state index in [1.54, 1.807) is 0 Å². The minimum Gasteiger partial charge on any atom is -0.368 e. The molecule has 1 saturated carbocycles. The first kappa shape index (κ1) is 26.7. The Hall–Kier alpha value is -2.91. The first-order chi connectivity index (χ1) is 18.6. The van der Waals surface area contributed by atoms with Gasteiger partial charge in [0, 0.05) is 57.3 Å². The number of benzene rings is 1. The molecule has 1 aromatic carbocycles. The summed E-state index contributed by atoms with van der Waals surface area (Å²) in [4.78, 5) is 46.5. The van der Waals surface area contributed by atoms with Gasteiger partial charge in [-0.05, 0) is 61.9 Å². The molecule has 0 radical (unpaired) electrons. The standard InChI is InChI=1S/C29H39N5O3S/c35-27(22-7-2-1-3-8-22)31-24-21-23(28(36)33-14-5-12-30-13-17-33)10-11-25(24)32-15-6-16-34(19-18-32)29(37)26-9-4-20-38-26/h4,9-11,20-22,30H,1-3,5-8,12-19H2,(H,31,35). The third-order valence-electron chi connectivity index (χ3n) is 7.96. The molecule has 3 amide bonds. The summed E-state index contributed by atoms with van der Waals surface area (Å²) in [6.45, 7) is 5.92. The smallest absolute Gasteiger partial charge is 0.263 e. The molecule has 0 unspecified atom stereocenters. The van der Waals surface area contributed by atoms with Crippen molar-refractivity contribution in [1.82, 2.24) is 15.1 Å². The predicted octanol–water partition coefficient (Wildman–Crippen LogP) is 4.05. The van der Waals surface area contributed by atoms with Crippen LogP contribution in [0.5, 0.6) is 0 Å². The fourth-order valence-electron chi connectivity index (χ4n) is 5.79. The Bertz CT molecular complexity index is 1110. The zero-order valence-electron chi connectivity index (χ0n) is 22.1. The van der Waals surface area contributed by atoms with Gasteiger partial charge in [-0.2, -0.15) is 0 Å². The topological polar surface area (TPSA) is 85.0 Å². The van der Waals surface area contributed by atoms with Gasteiger partial charge in [0.2, 0.25) is 5.91 Å². The van der Waals surface area contributed by atoms with Gasteiger partial charge in [0.05, 0.1) is 16.3 Å². The number of nitrogens with zero attached hydrogens (tertiary/aromatic N) is 3. The fourth-order valence-corrected chi connectivity index (χ4v) is 6.48. The van der Waals surface area contributed by atoms with Gasteiger partial charge < -0.3 is 25.3 Å². The van der Waals surface area contributed by atoms with Crippen LogP contribution in [0.25, 0.3) is 0 Å². The minimum atomic E-state index is 0.0111. The van der Waals surface area contributed by atoms with E-state index >= 15 is 0 Å². The molecule has 8 nitrogen and oxygen atoms in total. The average Bonchev–Trinajstić information content (AvgIpc) is 3.20. The zero-order valence-corrected chi connectivity index (χ0v) is 22.9. The van der Waals surface area contributed by atoms with Crippen LogP contribution < -0.4 is 15.5 Å². The van der Waals surface area contributed by atoms with Crippen LogP contribution in [-0.4, -0.2) is 79.9 Å². The van der Waals surface area contributed by atoms with Crippen molar-refractivity contribution in [2.45, 2.75) is 44.9 Å². The van der Waals surface area contributed by atoms with Crippen LogP contribution >= 0.6 is 11.3 Å². The van der Waals surface area contributed by atoms with E-state index in [-0.39, 0.29) is 23.6 Å². The quantitative estimate of drug-likeness (QED) is 0.601. The SMILES string of the molecule is O=C(Nc1cc(C(=O)N2CCCNCC2)ccc1N1CCCN(C(=O)c2cccs2)CC1)C1CCCCC1. The minimum absolute atomic E-state index is 0.0111. The molecule has 3 aliphatic rings. The molecule has 3 heterocycles. The number of hydrogen-bond acceptors (Lipinski definition) is 6. The van der Waals surface area contributed by atoms with Gasteiger partial charge >= 0.3 is 0 Å². The van der Waals surface area contributed by atoms with Crippen LogP contribution in [-0.2, 0) is 4.79 Å². The lowest BCUT2D eigenvalue weighted by Crippen LogP contribution is -2.35. The third kappa shape index (κ3) is 6.38. The van der Waals surface area contributed by atoms with Crippen LogP contribution in [0.3, 0.4) is 0 Å². The molecule has 2 aliphatic heterocycles. The number of rotatable bonds is 5. The number of thiophene rings is 1. The predicted molar refractivity (Wildman–Crippen MR) is 152 cm³/mol. The molecule has 5 rings (SSSR count). The molecule has 2 aromatic rings. The maximum absolute atomic E-state index is 13.4. The van der Waals surface area contributed by atoms with Crippen LogP contribution in [0.1, 0.15) is 65.0 Å². The Morgan fingerprint density at radius 3 is 2.45 bits per heavy atom. The second-order valence-electron chi connectivity index (χ2n) is 10.6. The molecular weight excluding hydrogens is 498 g/mol. The van der Waals surface area contributed by atoms with Gasteiger partial charge in [-0.1, -0.05) is 25.3 Å². The molecule has 0 atom stereocenters. The van der Waals surface area contributed by atoms with Gasteiger partial charge in [-0.15, -0.1) is 11.3 Å². The summed E-state index contributed by atoms with van der Waals surface area (Å²) in [6.07, 6.45) is 6.99. The summed E-state index contributed by atoms with van der Waals surface area (Å²) in [6, 6.07) is 9.54. The van der Waals surface area contributed by atoms with E-state index in [2.05, 4.69) is 15.5 Å².